The van der Waals surface area contributed by atoms with E-state index in [2.05, 4.69) is 9.69 Å². The number of nitrogens with zero attached hydrogens (tertiary/aromatic N) is 1. The third-order valence-corrected chi connectivity index (χ3v) is 2.55. The van der Waals surface area contributed by atoms with Gasteiger partial charge in [0.15, 0.2) is 0 Å². The Labute approximate surface area is 91.3 Å². The molecule has 0 fully saturated rings. The second-order valence-electron chi connectivity index (χ2n) is 3.41. The summed E-state index contributed by atoms with van der Waals surface area (Å²) >= 11 is 0.998. The van der Waals surface area contributed by atoms with Crippen LogP contribution in [0.2, 0.25) is 0 Å². The van der Waals surface area contributed by atoms with Gasteiger partial charge >= 0.3 is 5.97 Å². The third-order valence-electron chi connectivity index (χ3n) is 1.77. The maximum absolute atomic E-state index is 11.0. The highest BCUT2D eigenvalue weighted by Gasteiger charge is 2.22. The number of aromatic carboxylic acids is 1. The highest BCUT2D eigenvalue weighted by Crippen LogP contribution is 2.29. The summed E-state index contributed by atoms with van der Waals surface area (Å²) in [5.74, 6) is -1.33. The average molecular weight is 228 g/mol. The topological polar surface area (TPSA) is 79.3 Å². The Kier molecular flexibility index (Phi) is 3.41. The molecule has 0 aliphatic carbocycles. The zero-order chi connectivity index (χ0) is 11.6. The van der Waals surface area contributed by atoms with Gasteiger partial charge < -0.3 is 10.4 Å². The second-order valence-corrected chi connectivity index (χ2v) is 4.19. The lowest BCUT2D eigenvalue weighted by molar-refractivity contribution is -0.114. The van der Waals surface area contributed by atoms with Crippen LogP contribution in [0.1, 0.15) is 42.7 Å². The molecule has 0 radical (unpaired) electrons. The van der Waals surface area contributed by atoms with Crippen molar-refractivity contribution in [3.63, 3.8) is 0 Å². The lowest BCUT2D eigenvalue weighted by Gasteiger charge is -2.03. The lowest BCUT2D eigenvalue weighted by atomic mass is 10.1. The van der Waals surface area contributed by atoms with Gasteiger partial charge in [0.05, 0.1) is 5.69 Å². The van der Waals surface area contributed by atoms with Crippen molar-refractivity contribution in [3.8, 4) is 0 Å². The van der Waals surface area contributed by atoms with Crippen LogP contribution in [0, 0.1) is 0 Å². The van der Waals surface area contributed by atoms with Gasteiger partial charge in [-0.25, -0.2) is 4.79 Å². The number of amides is 1. The molecule has 6 heteroatoms. The van der Waals surface area contributed by atoms with Crippen molar-refractivity contribution in [3.05, 3.63) is 11.3 Å². The number of anilines is 1. The number of hydrogen-bond donors (Lipinski definition) is 2. The zero-order valence-corrected chi connectivity index (χ0v) is 9.51. The first-order chi connectivity index (χ1) is 6.93. The summed E-state index contributed by atoms with van der Waals surface area (Å²) in [4.78, 5) is 21.8. The number of carbonyl (C=O) groups is 2. The second kappa shape index (κ2) is 4.39. The largest absolute Gasteiger partial charge is 0.478 e. The molecular formula is C9H12N2O3S. The monoisotopic (exact) mass is 228 g/mol. The van der Waals surface area contributed by atoms with E-state index in [1.165, 1.54) is 6.92 Å². The fourth-order valence-corrected chi connectivity index (χ4v) is 2.11. The van der Waals surface area contributed by atoms with Crippen LogP contribution in [0.15, 0.2) is 0 Å². The zero-order valence-electron chi connectivity index (χ0n) is 8.70. The van der Waals surface area contributed by atoms with E-state index in [-0.39, 0.29) is 17.4 Å². The van der Waals surface area contributed by atoms with E-state index in [9.17, 15) is 9.59 Å². The summed E-state index contributed by atoms with van der Waals surface area (Å²) in [5, 5.41) is 11.8. The minimum absolute atomic E-state index is 0.0230. The molecule has 1 aromatic heterocycles. The Morgan fingerprint density at radius 1 is 1.47 bits per heavy atom. The third kappa shape index (κ3) is 2.53. The summed E-state index contributed by atoms with van der Waals surface area (Å²) < 4.78 is 4.04. The van der Waals surface area contributed by atoms with Gasteiger partial charge in [0.1, 0.15) is 10.6 Å². The number of nitrogens with one attached hydrogen (secondary N) is 1. The molecule has 1 aromatic rings. The lowest BCUT2D eigenvalue weighted by Crippen LogP contribution is -2.10. The molecule has 0 saturated heterocycles. The number of carbonyl (C=O) groups excluding carboxylic acids is 1. The van der Waals surface area contributed by atoms with E-state index in [0.29, 0.717) is 10.7 Å². The predicted octanol–water partition coefficient (Wildman–Crippen LogP) is 1.92. The first-order valence-corrected chi connectivity index (χ1v) is 5.21. The van der Waals surface area contributed by atoms with Crippen molar-refractivity contribution in [2.24, 2.45) is 0 Å². The summed E-state index contributed by atoms with van der Waals surface area (Å²) in [6.07, 6.45) is 0. The number of rotatable bonds is 3. The predicted molar refractivity (Wildman–Crippen MR) is 57.5 cm³/mol. The minimum Gasteiger partial charge on any atom is -0.478 e. The van der Waals surface area contributed by atoms with Gasteiger partial charge in [-0.3, -0.25) is 4.79 Å². The molecule has 0 spiro atoms. The maximum Gasteiger partial charge on any atom is 0.340 e. The molecule has 0 bridgehead atoms. The first-order valence-electron chi connectivity index (χ1n) is 4.44. The number of carboxylic acids is 1. The summed E-state index contributed by atoms with van der Waals surface area (Å²) in [7, 11) is 0. The molecule has 0 atom stereocenters. The van der Waals surface area contributed by atoms with Crippen LogP contribution < -0.4 is 5.32 Å². The van der Waals surface area contributed by atoms with Crippen molar-refractivity contribution in [1.29, 1.82) is 0 Å². The summed E-state index contributed by atoms with van der Waals surface area (Å²) in [6.45, 7) is 5.05. The first kappa shape index (κ1) is 11.6. The van der Waals surface area contributed by atoms with E-state index in [4.69, 9.17) is 5.11 Å². The Morgan fingerprint density at radius 3 is 2.47 bits per heavy atom. The Bertz CT molecular complexity index is 398. The molecule has 1 heterocycles. The van der Waals surface area contributed by atoms with Crippen molar-refractivity contribution in [2.45, 2.75) is 26.7 Å². The molecule has 82 valence electrons. The van der Waals surface area contributed by atoms with Crippen LogP contribution in [0.3, 0.4) is 0 Å². The van der Waals surface area contributed by atoms with Crippen LogP contribution >= 0.6 is 11.5 Å². The van der Waals surface area contributed by atoms with Crippen LogP contribution in [-0.2, 0) is 4.79 Å². The SMILES string of the molecule is CC(=O)Nc1snc(C(C)C)c1C(=O)O. The van der Waals surface area contributed by atoms with Crippen molar-refractivity contribution >= 4 is 28.4 Å². The average Bonchev–Trinajstić information content (AvgIpc) is 2.46. The Hall–Kier alpha value is -1.43. The molecule has 0 aliphatic rings. The van der Waals surface area contributed by atoms with Gasteiger partial charge in [0.2, 0.25) is 5.91 Å². The standard InChI is InChI=1S/C9H12N2O3S/c1-4(2)7-6(9(13)14)8(15-11-7)10-5(3)12/h4H,1-3H3,(H,10,12)(H,13,14). The molecule has 2 N–H and O–H groups in total. The number of hydrogen-bond acceptors (Lipinski definition) is 4. The van der Waals surface area contributed by atoms with Crippen molar-refractivity contribution < 1.29 is 14.7 Å². The molecule has 5 nitrogen and oxygen atoms in total. The Morgan fingerprint density at radius 2 is 2.07 bits per heavy atom. The fourth-order valence-electron chi connectivity index (χ4n) is 1.15. The maximum atomic E-state index is 11.0. The molecular weight excluding hydrogens is 216 g/mol. The van der Waals surface area contributed by atoms with E-state index in [1.807, 2.05) is 13.8 Å². The summed E-state index contributed by atoms with van der Waals surface area (Å²) in [5.41, 5.74) is 0.612. The van der Waals surface area contributed by atoms with E-state index >= 15 is 0 Å². The van der Waals surface area contributed by atoms with Crippen LogP contribution in [0.5, 0.6) is 0 Å². The highest BCUT2D eigenvalue weighted by molar-refractivity contribution is 7.11. The molecule has 1 amide bonds. The molecule has 0 unspecified atom stereocenters. The van der Waals surface area contributed by atoms with Gasteiger partial charge in [-0.2, -0.15) is 4.37 Å². The van der Waals surface area contributed by atoms with Gasteiger partial charge in [-0.1, -0.05) is 13.8 Å². The molecule has 15 heavy (non-hydrogen) atoms. The van der Waals surface area contributed by atoms with Crippen LogP contribution in [0.25, 0.3) is 0 Å². The quantitative estimate of drug-likeness (QED) is 0.828. The van der Waals surface area contributed by atoms with E-state index in [0.717, 1.165) is 11.5 Å². The van der Waals surface area contributed by atoms with Gasteiger partial charge in [0, 0.05) is 6.92 Å². The Balaban J connectivity index is 3.18. The van der Waals surface area contributed by atoms with Crippen LogP contribution in [0.4, 0.5) is 5.00 Å². The molecule has 0 aromatic carbocycles. The number of carboxylic acid groups (broad SMARTS) is 1. The van der Waals surface area contributed by atoms with Crippen LogP contribution in [-0.4, -0.2) is 21.4 Å². The van der Waals surface area contributed by atoms with Crippen molar-refractivity contribution in [2.75, 3.05) is 5.32 Å². The van der Waals surface area contributed by atoms with Gasteiger partial charge in [0.25, 0.3) is 0 Å². The fraction of sp³-hybridized carbons (Fsp3) is 0.444. The molecule has 0 saturated carbocycles. The minimum atomic E-state index is -1.06. The van der Waals surface area contributed by atoms with E-state index < -0.39 is 5.97 Å². The van der Waals surface area contributed by atoms with Gasteiger partial charge in [-0.05, 0) is 17.5 Å². The van der Waals surface area contributed by atoms with Crippen molar-refractivity contribution in [1.82, 2.24) is 4.37 Å². The van der Waals surface area contributed by atoms with E-state index in [1.54, 1.807) is 0 Å². The molecule has 0 aliphatic heterocycles. The summed E-state index contributed by atoms with van der Waals surface area (Å²) in [6, 6.07) is 0. The smallest absolute Gasteiger partial charge is 0.340 e. The normalized spacial score (nSPS) is 10.4. The van der Waals surface area contributed by atoms with Gasteiger partial charge in [-0.15, -0.1) is 0 Å². The molecule has 1 rings (SSSR count). The number of aromatic nitrogens is 1. The highest BCUT2D eigenvalue weighted by atomic mass is 32.1.